The third kappa shape index (κ3) is 3.87. The Morgan fingerprint density at radius 3 is 2.59 bits per heavy atom. The van der Waals surface area contributed by atoms with E-state index in [9.17, 15) is 9.90 Å². The van der Waals surface area contributed by atoms with Crippen LogP contribution < -0.4 is 10.9 Å². The third-order valence-electron chi connectivity index (χ3n) is 3.50. The molecule has 0 aliphatic heterocycles. The summed E-state index contributed by atoms with van der Waals surface area (Å²) in [5.41, 5.74) is 1.07. The molecule has 0 saturated carbocycles. The van der Waals surface area contributed by atoms with Crippen molar-refractivity contribution in [3.8, 4) is 0 Å². The Balaban J connectivity index is 2.24. The lowest BCUT2D eigenvalue weighted by molar-refractivity contribution is 0.249. The quantitative estimate of drug-likeness (QED) is 0.857. The molecule has 0 unspecified atom stereocenters. The van der Waals surface area contributed by atoms with Crippen LogP contribution >= 0.6 is 11.6 Å². The molecule has 0 fully saturated rings. The fourth-order valence-corrected chi connectivity index (χ4v) is 2.26. The lowest BCUT2D eigenvalue weighted by Crippen LogP contribution is -2.32. The van der Waals surface area contributed by atoms with E-state index in [4.69, 9.17) is 11.6 Å². The number of nitrogens with one attached hydrogen (secondary N) is 1. The fraction of sp³-hybridized carbons (Fsp3) is 0.375. The Labute approximate surface area is 134 Å². The predicted molar refractivity (Wildman–Crippen MR) is 88.4 cm³/mol. The summed E-state index contributed by atoms with van der Waals surface area (Å²) in [5.74, 6) is 0.202. The molecule has 1 aromatic heterocycles. The second-order valence-corrected chi connectivity index (χ2v) is 5.88. The van der Waals surface area contributed by atoms with Crippen molar-refractivity contribution in [3.05, 3.63) is 57.5 Å². The number of hydrogen-bond acceptors (Lipinski definition) is 4. The molecule has 0 amide bonds. The Kier molecular flexibility index (Phi) is 5.57. The molecule has 2 N–H and O–H groups in total. The van der Waals surface area contributed by atoms with Crippen molar-refractivity contribution in [2.75, 3.05) is 11.9 Å². The van der Waals surface area contributed by atoms with Gasteiger partial charge < -0.3 is 10.4 Å². The molecule has 0 radical (unpaired) electrons. The molecule has 0 bridgehead atoms. The van der Waals surface area contributed by atoms with Crippen molar-refractivity contribution in [2.24, 2.45) is 5.92 Å². The van der Waals surface area contributed by atoms with Crippen LogP contribution in [-0.2, 0) is 6.54 Å². The minimum Gasteiger partial charge on any atom is -0.394 e. The van der Waals surface area contributed by atoms with E-state index < -0.39 is 0 Å². The molecule has 2 rings (SSSR count). The van der Waals surface area contributed by atoms with E-state index in [2.05, 4.69) is 10.4 Å². The van der Waals surface area contributed by atoms with Crippen molar-refractivity contribution < 1.29 is 5.11 Å². The van der Waals surface area contributed by atoms with Gasteiger partial charge in [-0.25, -0.2) is 4.68 Å². The lowest BCUT2D eigenvalue weighted by Gasteiger charge is -2.21. The highest BCUT2D eigenvalue weighted by Gasteiger charge is 2.16. The number of hydrogen-bond donors (Lipinski definition) is 2. The second-order valence-electron chi connectivity index (χ2n) is 5.50. The first-order chi connectivity index (χ1) is 10.5. The van der Waals surface area contributed by atoms with Crippen LogP contribution in [0.3, 0.4) is 0 Å². The average Bonchev–Trinajstić information content (AvgIpc) is 2.52. The molecule has 0 spiro atoms. The zero-order chi connectivity index (χ0) is 16.1. The first-order valence-corrected chi connectivity index (χ1v) is 7.57. The number of halogens is 1. The highest BCUT2D eigenvalue weighted by Crippen LogP contribution is 2.18. The molecule has 1 aromatic carbocycles. The standard InChI is InChI=1S/C16H20ClN3O2/c1-11(2)14(10-21)19-13-8-18-20(16(22)15(13)17)9-12-6-4-3-5-7-12/h3-8,11,14,19,21H,9-10H2,1-2H3/t14-/m1/s1. The Morgan fingerprint density at radius 2 is 2.00 bits per heavy atom. The second kappa shape index (κ2) is 7.42. The molecule has 0 saturated heterocycles. The maximum atomic E-state index is 12.3. The highest BCUT2D eigenvalue weighted by atomic mass is 35.5. The molecule has 5 nitrogen and oxygen atoms in total. The summed E-state index contributed by atoms with van der Waals surface area (Å²) < 4.78 is 1.33. The van der Waals surface area contributed by atoms with Crippen LogP contribution in [0.25, 0.3) is 0 Å². The van der Waals surface area contributed by atoms with E-state index in [1.54, 1.807) is 0 Å². The van der Waals surface area contributed by atoms with Crippen LogP contribution in [0.5, 0.6) is 0 Å². The SMILES string of the molecule is CC(C)[C@@H](CO)Nc1cnn(Cc2ccccc2)c(=O)c1Cl. The van der Waals surface area contributed by atoms with Crippen LogP contribution in [0.15, 0.2) is 41.3 Å². The molecule has 0 aliphatic carbocycles. The zero-order valence-corrected chi connectivity index (χ0v) is 13.4. The van der Waals surface area contributed by atoms with Crippen LogP contribution in [0.1, 0.15) is 19.4 Å². The van der Waals surface area contributed by atoms with Gasteiger partial charge in [0, 0.05) is 0 Å². The number of aromatic nitrogens is 2. The van der Waals surface area contributed by atoms with Crippen LogP contribution in [0.4, 0.5) is 5.69 Å². The summed E-state index contributed by atoms with van der Waals surface area (Å²) >= 11 is 6.15. The monoisotopic (exact) mass is 321 g/mol. The first-order valence-electron chi connectivity index (χ1n) is 7.20. The number of aliphatic hydroxyl groups excluding tert-OH is 1. The van der Waals surface area contributed by atoms with Crippen molar-refractivity contribution in [3.63, 3.8) is 0 Å². The van der Waals surface area contributed by atoms with Crippen LogP contribution in [-0.4, -0.2) is 27.5 Å². The van der Waals surface area contributed by atoms with E-state index in [0.29, 0.717) is 12.2 Å². The van der Waals surface area contributed by atoms with E-state index in [-0.39, 0.29) is 29.1 Å². The number of benzene rings is 1. The average molecular weight is 322 g/mol. The number of aliphatic hydroxyl groups is 1. The normalized spacial score (nSPS) is 12.4. The Bertz CT molecular complexity index is 671. The van der Waals surface area contributed by atoms with Crippen molar-refractivity contribution >= 4 is 17.3 Å². The van der Waals surface area contributed by atoms with Crippen LogP contribution in [0.2, 0.25) is 5.02 Å². The highest BCUT2D eigenvalue weighted by molar-refractivity contribution is 6.32. The van der Waals surface area contributed by atoms with Crippen LogP contribution in [0, 0.1) is 5.92 Å². The maximum Gasteiger partial charge on any atom is 0.287 e. The zero-order valence-electron chi connectivity index (χ0n) is 12.7. The van der Waals surface area contributed by atoms with E-state index in [1.807, 2.05) is 44.2 Å². The molecule has 1 heterocycles. The lowest BCUT2D eigenvalue weighted by atomic mass is 10.1. The molecular formula is C16H20ClN3O2. The number of nitrogens with zero attached hydrogens (tertiary/aromatic N) is 2. The summed E-state index contributed by atoms with van der Waals surface area (Å²) in [4.78, 5) is 12.3. The summed E-state index contributed by atoms with van der Waals surface area (Å²) in [5, 5.41) is 16.7. The van der Waals surface area contributed by atoms with Gasteiger partial charge in [0.25, 0.3) is 5.56 Å². The van der Waals surface area contributed by atoms with E-state index in [0.717, 1.165) is 5.56 Å². The van der Waals surface area contributed by atoms with E-state index >= 15 is 0 Å². The van der Waals surface area contributed by atoms with Gasteiger partial charge in [-0.3, -0.25) is 4.79 Å². The first kappa shape index (κ1) is 16.5. The largest absolute Gasteiger partial charge is 0.394 e. The minimum absolute atomic E-state index is 0.0406. The Morgan fingerprint density at radius 1 is 1.32 bits per heavy atom. The molecule has 2 aromatic rings. The van der Waals surface area contributed by atoms with Gasteiger partial charge in [-0.1, -0.05) is 55.8 Å². The minimum atomic E-state index is -0.351. The van der Waals surface area contributed by atoms with Gasteiger partial charge in [0.2, 0.25) is 0 Å². The summed E-state index contributed by atoms with van der Waals surface area (Å²) in [6.45, 7) is 4.28. The molecule has 118 valence electrons. The van der Waals surface area contributed by atoms with Gasteiger partial charge in [-0.15, -0.1) is 0 Å². The van der Waals surface area contributed by atoms with Gasteiger partial charge in [0.1, 0.15) is 5.02 Å². The van der Waals surface area contributed by atoms with Gasteiger partial charge in [-0.2, -0.15) is 5.10 Å². The number of anilines is 1. The summed E-state index contributed by atoms with van der Waals surface area (Å²) in [7, 11) is 0. The van der Waals surface area contributed by atoms with Crippen molar-refractivity contribution in [1.29, 1.82) is 0 Å². The van der Waals surface area contributed by atoms with Crippen molar-refractivity contribution in [1.82, 2.24) is 9.78 Å². The summed E-state index contributed by atoms with van der Waals surface area (Å²) in [6, 6.07) is 9.41. The molecule has 0 aliphatic rings. The van der Waals surface area contributed by atoms with Gasteiger partial charge in [0.05, 0.1) is 31.1 Å². The number of rotatable bonds is 6. The maximum absolute atomic E-state index is 12.3. The smallest absolute Gasteiger partial charge is 0.287 e. The van der Waals surface area contributed by atoms with Crippen molar-refractivity contribution in [2.45, 2.75) is 26.4 Å². The molecular weight excluding hydrogens is 302 g/mol. The van der Waals surface area contributed by atoms with Gasteiger partial charge in [-0.05, 0) is 11.5 Å². The predicted octanol–water partition coefficient (Wildman–Crippen LogP) is 2.37. The topological polar surface area (TPSA) is 67.2 Å². The van der Waals surface area contributed by atoms with Gasteiger partial charge >= 0.3 is 0 Å². The molecule has 6 heteroatoms. The van der Waals surface area contributed by atoms with Gasteiger partial charge in [0.15, 0.2) is 0 Å². The summed E-state index contributed by atoms with van der Waals surface area (Å²) in [6.07, 6.45) is 1.53. The third-order valence-corrected chi connectivity index (χ3v) is 3.87. The molecule has 22 heavy (non-hydrogen) atoms. The Hall–Kier alpha value is -1.85. The molecule has 1 atom stereocenters. The van der Waals surface area contributed by atoms with E-state index in [1.165, 1.54) is 10.9 Å². The fourth-order valence-electron chi connectivity index (χ4n) is 2.06.